The summed E-state index contributed by atoms with van der Waals surface area (Å²) in [6, 6.07) is 30.4. The Kier molecular flexibility index (Phi) is 10.5. The van der Waals surface area contributed by atoms with Gasteiger partial charge in [-0.2, -0.15) is 0 Å². The lowest BCUT2D eigenvalue weighted by molar-refractivity contribution is -0.136. The number of aromatic hydroxyl groups is 1. The monoisotopic (exact) mass is 741 g/mol. The van der Waals surface area contributed by atoms with E-state index < -0.39 is 11.6 Å². The summed E-state index contributed by atoms with van der Waals surface area (Å²) in [5.41, 5.74) is 7.03. The summed E-state index contributed by atoms with van der Waals surface area (Å²) in [5.74, 6) is 1.23. The Morgan fingerprint density at radius 2 is 1.56 bits per heavy atom. The molecule has 2 fully saturated rings. The van der Waals surface area contributed by atoms with Crippen LogP contribution in [0.4, 0.5) is 0 Å². The van der Waals surface area contributed by atoms with Crippen molar-refractivity contribution in [3.05, 3.63) is 130 Å². The third kappa shape index (κ3) is 8.05. The van der Waals surface area contributed by atoms with E-state index in [9.17, 15) is 24.6 Å². The smallest absolute Gasteiger partial charge is 0.255 e. The third-order valence-corrected chi connectivity index (χ3v) is 12.5. The molecule has 2 saturated heterocycles. The number of phenolic OH excluding ortho intramolecular Hbond substituents is 1. The Hall–Kier alpha value is -4.99. The van der Waals surface area contributed by atoms with E-state index in [4.69, 9.17) is 4.74 Å². The molecular weight excluding hydrogens is 691 g/mol. The minimum absolute atomic E-state index is 0.136. The highest BCUT2D eigenvalue weighted by atomic mass is 16.5. The molecule has 3 aliphatic heterocycles. The number of ether oxygens (including phenoxy) is 1. The lowest BCUT2D eigenvalue weighted by atomic mass is 9.69. The number of carbonyl (C=O) groups excluding carboxylic acids is 3. The topological polar surface area (TPSA) is 119 Å². The zero-order valence-electron chi connectivity index (χ0n) is 31.6. The minimum atomic E-state index is -0.849. The summed E-state index contributed by atoms with van der Waals surface area (Å²) in [7, 11) is 0. The van der Waals surface area contributed by atoms with E-state index in [1.54, 1.807) is 11.0 Å². The van der Waals surface area contributed by atoms with Crippen molar-refractivity contribution >= 4 is 17.7 Å². The summed E-state index contributed by atoms with van der Waals surface area (Å²) in [4.78, 5) is 41.2. The molecule has 286 valence electrons. The van der Waals surface area contributed by atoms with Crippen LogP contribution in [0.3, 0.4) is 0 Å². The number of aryl methyl sites for hydroxylation is 1. The number of carbonyl (C=O) groups is 3. The number of benzene rings is 4. The van der Waals surface area contributed by atoms with Gasteiger partial charge in [0, 0.05) is 37.4 Å². The van der Waals surface area contributed by atoms with Gasteiger partial charge in [-0.15, -0.1) is 0 Å². The fourth-order valence-corrected chi connectivity index (χ4v) is 9.30. The first-order chi connectivity index (χ1) is 26.6. The highest BCUT2D eigenvalue weighted by molar-refractivity contribution is 6.05. The molecule has 3 heterocycles. The molecule has 0 radical (unpaired) electrons. The van der Waals surface area contributed by atoms with Crippen LogP contribution in [-0.2, 0) is 22.6 Å². The zero-order chi connectivity index (χ0) is 38.1. The van der Waals surface area contributed by atoms with Crippen molar-refractivity contribution in [1.82, 2.24) is 15.1 Å². The largest absolute Gasteiger partial charge is 0.508 e. The summed E-state index contributed by atoms with van der Waals surface area (Å²) in [6.07, 6.45) is 5.78. The molecule has 4 atom stereocenters. The summed E-state index contributed by atoms with van der Waals surface area (Å²) < 4.78 is 6.16. The molecule has 4 aromatic carbocycles. The van der Waals surface area contributed by atoms with Gasteiger partial charge in [-0.3, -0.25) is 19.7 Å². The number of amides is 3. The molecule has 4 aliphatic rings. The van der Waals surface area contributed by atoms with Gasteiger partial charge in [0.05, 0.1) is 12.2 Å². The molecule has 8 rings (SSSR count). The first-order valence-corrected chi connectivity index (χ1v) is 19.9. The molecule has 3 N–H and O–H groups in total. The average molecular weight is 742 g/mol. The summed E-state index contributed by atoms with van der Waals surface area (Å²) in [6.45, 7) is 5.43. The van der Waals surface area contributed by atoms with E-state index in [1.807, 2.05) is 31.2 Å². The highest BCUT2D eigenvalue weighted by Gasteiger charge is 2.39. The van der Waals surface area contributed by atoms with Gasteiger partial charge in [-0.1, -0.05) is 60.7 Å². The maximum Gasteiger partial charge on any atom is 0.255 e. The van der Waals surface area contributed by atoms with Gasteiger partial charge in [-0.25, -0.2) is 0 Å². The molecule has 0 aromatic heterocycles. The third-order valence-electron chi connectivity index (χ3n) is 12.5. The second-order valence-corrected chi connectivity index (χ2v) is 16.3. The Labute approximate surface area is 323 Å². The van der Waals surface area contributed by atoms with Crippen LogP contribution in [0, 0.1) is 0 Å². The SMILES string of the molecule is CC(O)(CCOc1ccc([C@@H]2c3ccc(O)cc3CC[C@@H]2c2ccccc2)cc1)CCN1CCC(c2ccc3c(c2)CN(C2CCC(=O)NC2=O)C3=O)CC1. The van der Waals surface area contributed by atoms with Gasteiger partial charge in [0.2, 0.25) is 11.8 Å². The summed E-state index contributed by atoms with van der Waals surface area (Å²) in [5, 5.41) is 23.8. The molecule has 3 amide bonds. The van der Waals surface area contributed by atoms with E-state index in [2.05, 4.69) is 70.9 Å². The number of nitrogens with one attached hydrogen (secondary N) is 1. The zero-order valence-corrected chi connectivity index (χ0v) is 31.6. The maximum atomic E-state index is 13.1. The quantitative estimate of drug-likeness (QED) is 0.145. The van der Waals surface area contributed by atoms with Gasteiger partial charge >= 0.3 is 0 Å². The van der Waals surface area contributed by atoms with E-state index in [0.29, 0.717) is 55.6 Å². The number of aliphatic hydroxyl groups is 1. The number of rotatable bonds is 11. The molecule has 55 heavy (non-hydrogen) atoms. The highest BCUT2D eigenvalue weighted by Crippen LogP contribution is 2.47. The number of piperidine rings is 2. The molecule has 0 spiro atoms. The predicted octanol–water partition coefficient (Wildman–Crippen LogP) is 6.80. The lowest BCUT2D eigenvalue weighted by Gasteiger charge is -2.35. The van der Waals surface area contributed by atoms with E-state index in [1.165, 1.54) is 27.8 Å². The summed E-state index contributed by atoms with van der Waals surface area (Å²) >= 11 is 0. The van der Waals surface area contributed by atoms with Crippen molar-refractivity contribution in [2.75, 3.05) is 26.2 Å². The van der Waals surface area contributed by atoms with Crippen LogP contribution in [0.1, 0.15) is 113 Å². The van der Waals surface area contributed by atoms with Crippen LogP contribution < -0.4 is 10.1 Å². The van der Waals surface area contributed by atoms with E-state index in [-0.39, 0.29) is 30.1 Å². The van der Waals surface area contributed by atoms with Crippen LogP contribution in [0.25, 0.3) is 0 Å². The van der Waals surface area contributed by atoms with Crippen LogP contribution >= 0.6 is 0 Å². The molecule has 0 saturated carbocycles. The maximum absolute atomic E-state index is 13.1. The lowest BCUT2D eigenvalue weighted by Crippen LogP contribution is -2.52. The average Bonchev–Trinajstić information content (AvgIpc) is 3.52. The van der Waals surface area contributed by atoms with Gasteiger partial charge in [0.25, 0.3) is 5.91 Å². The Bertz CT molecular complexity index is 2040. The number of likely N-dealkylation sites (tertiary alicyclic amines) is 1. The number of nitrogens with zero attached hydrogens (tertiary/aromatic N) is 2. The molecule has 0 bridgehead atoms. The van der Waals surface area contributed by atoms with E-state index >= 15 is 0 Å². The first kappa shape index (κ1) is 37.0. The van der Waals surface area contributed by atoms with Crippen LogP contribution in [-0.4, -0.2) is 75.6 Å². The van der Waals surface area contributed by atoms with Crippen LogP contribution in [0.15, 0.2) is 91.0 Å². The Morgan fingerprint density at radius 3 is 2.33 bits per heavy atom. The normalized spacial score (nSPS) is 22.8. The van der Waals surface area contributed by atoms with Gasteiger partial charge < -0.3 is 24.7 Å². The van der Waals surface area contributed by atoms with Crippen molar-refractivity contribution < 1.29 is 29.3 Å². The Morgan fingerprint density at radius 1 is 0.800 bits per heavy atom. The van der Waals surface area contributed by atoms with Gasteiger partial charge in [0.15, 0.2) is 0 Å². The van der Waals surface area contributed by atoms with Crippen molar-refractivity contribution in [2.24, 2.45) is 0 Å². The van der Waals surface area contributed by atoms with Crippen LogP contribution in [0.5, 0.6) is 11.5 Å². The molecule has 9 heteroatoms. The molecular formula is C46H51N3O6. The second kappa shape index (κ2) is 15.6. The molecule has 4 aromatic rings. The fraction of sp³-hybridized carbons (Fsp3) is 0.413. The van der Waals surface area contributed by atoms with Crippen LogP contribution in [0.2, 0.25) is 0 Å². The van der Waals surface area contributed by atoms with Gasteiger partial charge in [0.1, 0.15) is 17.5 Å². The van der Waals surface area contributed by atoms with Crippen molar-refractivity contribution in [1.29, 1.82) is 0 Å². The second-order valence-electron chi connectivity index (χ2n) is 16.3. The van der Waals surface area contributed by atoms with Crippen molar-refractivity contribution in [3.63, 3.8) is 0 Å². The number of phenols is 1. The van der Waals surface area contributed by atoms with Crippen molar-refractivity contribution in [3.8, 4) is 11.5 Å². The number of imide groups is 1. The predicted molar refractivity (Wildman–Crippen MR) is 210 cm³/mol. The minimum Gasteiger partial charge on any atom is -0.508 e. The molecule has 9 nitrogen and oxygen atoms in total. The number of hydrogen-bond donors (Lipinski definition) is 3. The number of fused-ring (bicyclic) bond motifs is 2. The van der Waals surface area contributed by atoms with Crippen molar-refractivity contribution in [2.45, 2.75) is 94.2 Å². The standard InChI is InChI=1S/C46H51N3O6/c1-46(54,21-25-48-23-19-30(20-24-48)33-9-15-40-35(27-33)29-49(45(40)53)41-17-18-42(51)47-44(41)52)22-26-55-37-12-7-32(8-13-37)43-38(31-5-3-2-4-6-31)14-10-34-28-36(50)11-16-39(34)43/h2-9,11-13,15-16,27-28,30,38,41,43,50,54H,10,14,17-26,29H2,1H3,(H,47,51,52)/t38-,41?,43+,46?/m1/s1. The fourth-order valence-electron chi connectivity index (χ4n) is 9.30. The molecule has 2 unspecified atom stereocenters. The van der Waals surface area contributed by atoms with Gasteiger partial charge in [-0.05, 0) is 134 Å². The first-order valence-electron chi connectivity index (χ1n) is 19.9. The number of hydrogen-bond acceptors (Lipinski definition) is 7. The van der Waals surface area contributed by atoms with E-state index in [0.717, 1.165) is 56.6 Å². The Balaban J connectivity index is 0.806. The molecule has 1 aliphatic carbocycles.